The molecule has 0 fully saturated rings. The monoisotopic (exact) mass is 487 g/mol. The van der Waals surface area contributed by atoms with E-state index in [1.54, 1.807) is 19.1 Å². The first kappa shape index (κ1) is 27.0. The molecule has 0 bridgehead atoms. The molecule has 34 heavy (non-hydrogen) atoms. The Morgan fingerprint density at radius 1 is 1.00 bits per heavy atom. The fourth-order valence-corrected chi connectivity index (χ4v) is 4.42. The van der Waals surface area contributed by atoms with Crippen LogP contribution in [0.2, 0.25) is 0 Å². The fourth-order valence-electron chi connectivity index (χ4n) is 3.57. The Morgan fingerprint density at radius 2 is 1.65 bits per heavy atom. The van der Waals surface area contributed by atoms with Crippen molar-refractivity contribution in [3.63, 3.8) is 0 Å². The average Bonchev–Trinajstić information content (AvgIpc) is 2.76. The number of Topliss-reactive ketones (excluding diaryl/α,β-unsaturated/α-hetero) is 1. The topological polar surface area (TPSA) is 104 Å². The van der Waals surface area contributed by atoms with Crippen LogP contribution in [0.5, 0.6) is 0 Å². The van der Waals surface area contributed by atoms with Gasteiger partial charge in [-0.1, -0.05) is 49.4 Å². The predicted octanol–water partition coefficient (Wildman–Crippen LogP) is 2.99. The van der Waals surface area contributed by atoms with Crippen LogP contribution in [0.3, 0.4) is 0 Å². The number of nitrogens with zero attached hydrogens (tertiary/aromatic N) is 2. The summed E-state index contributed by atoms with van der Waals surface area (Å²) in [4.78, 5) is 39.7. The molecule has 0 aliphatic rings. The number of carbonyl (C=O) groups excluding carboxylic acids is 3. The second-order valence-electron chi connectivity index (χ2n) is 8.47. The average molecular weight is 488 g/mol. The first-order valence-electron chi connectivity index (χ1n) is 11.2. The smallest absolute Gasteiger partial charge is 0.244 e. The maximum absolute atomic E-state index is 13.6. The van der Waals surface area contributed by atoms with Crippen molar-refractivity contribution in [1.82, 2.24) is 10.2 Å². The lowest BCUT2D eigenvalue weighted by molar-refractivity contribution is -0.140. The van der Waals surface area contributed by atoms with E-state index >= 15 is 0 Å². The number of rotatable bonds is 11. The normalized spacial score (nSPS) is 12.2. The Balaban J connectivity index is 2.45. The standard InChI is InChI=1S/C25H33N3O5S/c1-6-23(25(31)26-18(2)3)27(16-20-11-8-7-9-12-20)24(30)17-28(34(5,32)33)22-14-10-13-21(15-22)19(4)29/h7-15,18,23H,6,16-17H2,1-5H3,(H,26,31)/t23-/m0/s1. The molecule has 9 heteroatoms. The summed E-state index contributed by atoms with van der Waals surface area (Å²) in [6, 6.07) is 14.5. The number of sulfonamides is 1. The zero-order valence-electron chi connectivity index (χ0n) is 20.3. The maximum atomic E-state index is 13.6. The maximum Gasteiger partial charge on any atom is 0.244 e. The van der Waals surface area contributed by atoms with E-state index in [2.05, 4.69) is 5.32 Å². The SMILES string of the molecule is CC[C@@H](C(=O)NC(C)C)N(Cc1ccccc1)C(=O)CN(c1cccc(C(C)=O)c1)S(C)(=O)=O. The summed E-state index contributed by atoms with van der Waals surface area (Å²) < 4.78 is 26.2. The molecule has 0 unspecified atom stereocenters. The van der Waals surface area contributed by atoms with Gasteiger partial charge in [0.05, 0.1) is 11.9 Å². The number of hydrogen-bond donors (Lipinski definition) is 1. The predicted molar refractivity (Wildman–Crippen MR) is 133 cm³/mol. The molecular formula is C25H33N3O5S. The highest BCUT2D eigenvalue weighted by molar-refractivity contribution is 7.92. The molecule has 0 saturated heterocycles. The number of ketones is 1. The van der Waals surface area contributed by atoms with Crippen LogP contribution >= 0.6 is 0 Å². The molecule has 1 N–H and O–H groups in total. The van der Waals surface area contributed by atoms with Crippen molar-refractivity contribution >= 4 is 33.3 Å². The van der Waals surface area contributed by atoms with E-state index in [-0.39, 0.29) is 30.0 Å². The summed E-state index contributed by atoms with van der Waals surface area (Å²) in [5, 5.41) is 2.85. The minimum atomic E-state index is -3.86. The number of hydrogen-bond acceptors (Lipinski definition) is 5. The molecule has 184 valence electrons. The van der Waals surface area contributed by atoms with Gasteiger partial charge in [0.1, 0.15) is 12.6 Å². The van der Waals surface area contributed by atoms with Gasteiger partial charge in [-0.05, 0) is 44.9 Å². The van der Waals surface area contributed by atoms with Gasteiger partial charge in [-0.15, -0.1) is 0 Å². The third-order valence-corrected chi connectivity index (χ3v) is 6.37. The quantitative estimate of drug-likeness (QED) is 0.491. The van der Waals surface area contributed by atoms with Crippen LogP contribution in [0.15, 0.2) is 54.6 Å². The largest absolute Gasteiger partial charge is 0.352 e. The number of carbonyl (C=O) groups is 3. The molecule has 0 saturated carbocycles. The van der Waals surface area contributed by atoms with Crippen molar-refractivity contribution < 1.29 is 22.8 Å². The molecule has 2 rings (SSSR count). The van der Waals surface area contributed by atoms with E-state index in [1.807, 2.05) is 44.2 Å². The van der Waals surface area contributed by atoms with Gasteiger partial charge < -0.3 is 10.2 Å². The first-order valence-corrected chi connectivity index (χ1v) is 13.0. The van der Waals surface area contributed by atoms with Crippen LogP contribution in [0.1, 0.15) is 50.0 Å². The van der Waals surface area contributed by atoms with Crippen molar-refractivity contribution in [2.45, 2.75) is 52.7 Å². The van der Waals surface area contributed by atoms with Gasteiger partial charge in [-0.25, -0.2) is 8.42 Å². The van der Waals surface area contributed by atoms with Gasteiger partial charge in [0.25, 0.3) is 0 Å². The molecule has 0 aliphatic heterocycles. The lowest BCUT2D eigenvalue weighted by Crippen LogP contribution is -2.53. The number of nitrogens with one attached hydrogen (secondary N) is 1. The molecule has 1 atom stereocenters. The molecule has 0 radical (unpaired) electrons. The van der Waals surface area contributed by atoms with Crippen LogP contribution in [0.4, 0.5) is 5.69 Å². The van der Waals surface area contributed by atoms with E-state index in [1.165, 1.54) is 24.0 Å². The van der Waals surface area contributed by atoms with Crippen molar-refractivity contribution in [2.75, 3.05) is 17.1 Å². The molecule has 2 amide bonds. The number of anilines is 1. The van der Waals surface area contributed by atoms with Crippen molar-refractivity contribution in [3.8, 4) is 0 Å². The summed E-state index contributed by atoms with van der Waals surface area (Å²) in [5.41, 5.74) is 1.36. The van der Waals surface area contributed by atoms with Gasteiger partial charge in [0.15, 0.2) is 5.78 Å². The molecule has 0 heterocycles. The molecule has 8 nitrogen and oxygen atoms in total. The Labute approximate surface area is 202 Å². The van der Waals surface area contributed by atoms with E-state index in [0.717, 1.165) is 16.1 Å². The summed E-state index contributed by atoms with van der Waals surface area (Å²) in [7, 11) is -3.86. The van der Waals surface area contributed by atoms with Crippen LogP contribution in [0, 0.1) is 0 Å². The Bertz CT molecular complexity index is 1120. The minimum Gasteiger partial charge on any atom is -0.352 e. The summed E-state index contributed by atoms with van der Waals surface area (Å²) in [6.07, 6.45) is 1.36. The van der Waals surface area contributed by atoms with Gasteiger partial charge in [0.2, 0.25) is 21.8 Å². The van der Waals surface area contributed by atoms with Gasteiger partial charge in [0, 0.05) is 18.2 Å². The first-order chi connectivity index (χ1) is 15.9. The Hall–Kier alpha value is -3.20. The summed E-state index contributed by atoms with van der Waals surface area (Å²) in [6.45, 7) is 6.51. The van der Waals surface area contributed by atoms with Crippen molar-refractivity contribution in [2.24, 2.45) is 0 Å². The highest BCUT2D eigenvalue weighted by Gasteiger charge is 2.32. The molecule has 0 spiro atoms. The minimum absolute atomic E-state index is 0.114. The second kappa shape index (κ2) is 11.8. The molecule has 0 aromatic heterocycles. The highest BCUT2D eigenvalue weighted by atomic mass is 32.2. The van der Waals surface area contributed by atoms with Gasteiger partial charge in [-0.3, -0.25) is 18.7 Å². The number of amides is 2. The molecular weight excluding hydrogens is 454 g/mol. The Morgan fingerprint density at radius 3 is 2.18 bits per heavy atom. The van der Waals surface area contributed by atoms with Gasteiger partial charge >= 0.3 is 0 Å². The van der Waals surface area contributed by atoms with Crippen LogP contribution < -0.4 is 9.62 Å². The van der Waals surface area contributed by atoms with Crippen molar-refractivity contribution in [1.29, 1.82) is 0 Å². The van der Waals surface area contributed by atoms with E-state index in [4.69, 9.17) is 0 Å². The van der Waals surface area contributed by atoms with Gasteiger partial charge in [-0.2, -0.15) is 0 Å². The van der Waals surface area contributed by atoms with E-state index < -0.39 is 28.5 Å². The molecule has 2 aromatic carbocycles. The van der Waals surface area contributed by atoms with E-state index in [0.29, 0.717) is 12.0 Å². The van der Waals surface area contributed by atoms with Crippen LogP contribution in [-0.2, 0) is 26.2 Å². The Kier molecular flexibility index (Phi) is 9.37. The summed E-state index contributed by atoms with van der Waals surface area (Å²) in [5.74, 6) is -1.04. The lowest BCUT2D eigenvalue weighted by Gasteiger charge is -2.33. The highest BCUT2D eigenvalue weighted by Crippen LogP contribution is 2.21. The number of benzene rings is 2. The van der Waals surface area contributed by atoms with Crippen molar-refractivity contribution in [3.05, 3.63) is 65.7 Å². The van der Waals surface area contributed by atoms with Crippen LogP contribution in [-0.4, -0.2) is 55.8 Å². The second-order valence-corrected chi connectivity index (χ2v) is 10.4. The van der Waals surface area contributed by atoms with Crippen LogP contribution in [0.25, 0.3) is 0 Å². The zero-order valence-corrected chi connectivity index (χ0v) is 21.1. The third kappa shape index (κ3) is 7.41. The zero-order chi connectivity index (χ0) is 25.5. The third-order valence-electron chi connectivity index (χ3n) is 5.23. The van der Waals surface area contributed by atoms with E-state index in [9.17, 15) is 22.8 Å². The fraction of sp³-hybridized carbons (Fsp3) is 0.400. The summed E-state index contributed by atoms with van der Waals surface area (Å²) >= 11 is 0. The lowest BCUT2D eigenvalue weighted by atomic mass is 10.1. The molecule has 0 aliphatic carbocycles. The molecule has 2 aromatic rings.